The number of phenols is 1. The van der Waals surface area contributed by atoms with Crippen LogP contribution in [0.4, 0.5) is 10.1 Å². The molecule has 5 heteroatoms. The van der Waals surface area contributed by atoms with E-state index in [1.54, 1.807) is 17.0 Å². The van der Waals surface area contributed by atoms with E-state index in [1.165, 1.54) is 6.07 Å². The summed E-state index contributed by atoms with van der Waals surface area (Å²) in [6.45, 7) is 0.785. The van der Waals surface area contributed by atoms with E-state index in [0.717, 1.165) is 0 Å². The van der Waals surface area contributed by atoms with Crippen molar-refractivity contribution in [3.8, 4) is 5.75 Å². The van der Waals surface area contributed by atoms with Crippen LogP contribution < -0.4 is 4.90 Å². The lowest BCUT2D eigenvalue weighted by Gasteiger charge is -2.18. The summed E-state index contributed by atoms with van der Waals surface area (Å²) in [6.07, 6.45) is 0.504. The molecule has 0 aromatic heterocycles. The highest BCUT2D eigenvalue weighted by Crippen LogP contribution is 2.30. The smallest absolute Gasteiger partial charge is 0.308 e. The van der Waals surface area contributed by atoms with Crippen molar-refractivity contribution in [2.24, 2.45) is 5.92 Å². The number of carboxylic acid groups (broad SMARTS) is 1. The monoisotopic (exact) mass is 225 g/mol. The van der Waals surface area contributed by atoms with E-state index in [9.17, 15) is 14.3 Å². The van der Waals surface area contributed by atoms with Gasteiger partial charge in [0.25, 0.3) is 0 Å². The van der Waals surface area contributed by atoms with E-state index in [-0.39, 0.29) is 12.2 Å². The van der Waals surface area contributed by atoms with Crippen LogP contribution in [-0.2, 0) is 4.79 Å². The first-order valence-corrected chi connectivity index (χ1v) is 5.05. The predicted molar refractivity (Wildman–Crippen MR) is 56.0 cm³/mol. The van der Waals surface area contributed by atoms with Crippen LogP contribution in [0.25, 0.3) is 0 Å². The molecule has 0 aliphatic carbocycles. The van der Waals surface area contributed by atoms with Crippen LogP contribution in [-0.4, -0.2) is 29.3 Å². The molecule has 1 unspecified atom stereocenters. The number of anilines is 1. The first-order valence-electron chi connectivity index (χ1n) is 5.05. The molecular weight excluding hydrogens is 213 g/mol. The number of aromatic hydroxyl groups is 1. The Bertz CT molecular complexity index is 422. The van der Waals surface area contributed by atoms with Crippen molar-refractivity contribution in [2.45, 2.75) is 6.42 Å². The molecule has 0 amide bonds. The van der Waals surface area contributed by atoms with E-state index < -0.39 is 23.5 Å². The van der Waals surface area contributed by atoms with Crippen molar-refractivity contribution in [3.63, 3.8) is 0 Å². The molecule has 4 nitrogen and oxygen atoms in total. The summed E-state index contributed by atoms with van der Waals surface area (Å²) in [4.78, 5) is 12.4. The lowest BCUT2D eigenvalue weighted by atomic mass is 10.1. The Balaban J connectivity index is 2.21. The molecule has 2 rings (SSSR count). The molecule has 1 aliphatic rings. The van der Waals surface area contributed by atoms with E-state index in [0.29, 0.717) is 13.0 Å². The molecule has 86 valence electrons. The van der Waals surface area contributed by atoms with Crippen LogP contribution in [0.3, 0.4) is 0 Å². The fraction of sp³-hybridized carbons (Fsp3) is 0.364. The van der Waals surface area contributed by atoms with Gasteiger partial charge < -0.3 is 15.1 Å². The standard InChI is InChI=1S/C11H12FNO3/c12-10-8(2-1-3-9(10)14)13-5-4-7(6-13)11(15)16/h1-3,7,14H,4-6H2,(H,15,16). The van der Waals surface area contributed by atoms with Gasteiger partial charge in [0, 0.05) is 13.1 Å². The molecule has 1 aromatic carbocycles. The van der Waals surface area contributed by atoms with Gasteiger partial charge in [-0.1, -0.05) is 6.07 Å². The molecular formula is C11H12FNO3. The second-order valence-electron chi connectivity index (χ2n) is 3.88. The predicted octanol–water partition coefficient (Wildman–Crippen LogP) is 1.44. The second kappa shape index (κ2) is 4.00. The fourth-order valence-electron chi connectivity index (χ4n) is 1.93. The minimum atomic E-state index is -0.858. The van der Waals surface area contributed by atoms with Crippen molar-refractivity contribution in [1.82, 2.24) is 0 Å². The van der Waals surface area contributed by atoms with Gasteiger partial charge >= 0.3 is 5.97 Å². The average molecular weight is 225 g/mol. The molecule has 0 bridgehead atoms. The first kappa shape index (κ1) is 10.7. The second-order valence-corrected chi connectivity index (χ2v) is 3.88. The molecule has 1 saturated heterocycles. The molecule has 1 fully saturated rings. The highest BCUT2D eigenvalue weighted by molar-refractivity contribution is 5.72. The summed E-state index contributed by atoms with van der Waals surface area (Å²) in [6, 6.07) is 4.35. The van der Waals surface area contributed by atoms with Crippen LogP contribution in [0.1, 0.15) is 6.42 Å². The van der Waals surface area contributed by atoms with Crippen molar-refractivity contribution >= 4 is 11.7 Å². The SMILES string of the molecule is O=C(O)C1CCN(c2cccc(O)c2F)C1. The average Bonchev–Trinajstić information content (AvgIpc) is 2.71. The lowest BCUT2D eigenvalue weighted by Crippen LogP contribution is -2.23. The molecule has 2 N–H and O–H groups in total. The Morgan fingerprint density at radius 1 is 1.50 bits per heavy atom. The number of nitrogens with zero attached hydrogens (tertiary/aromatic N) is 1. The molecule has 0 radical (unpaired) electrons. The van der Waals surface area contributed by atoms with Crippen molar-refractivity contribution < 1.29 is 19.4 Å². The van der Waals surface area contributed by atoms with Crippen LogP contribution >= 0.6 is 0 Å². The van der Waals surface area contributed by atoms with Gasteiger partial charge in [-0.05, 0) is 18.6 Å². The summed E-state index contributed by atoms with van der Waals surface area (Å²) in [5.41, 5.74) is 0.267. The van der Waals surface area contributed by atoms with Gasteiger partial charge in [-0.2, -0.15) is 0 Å². The summed E-state index contributed by atoms with van der Waals surface area (Å²) < 4.78 is 13.5. The van der Waals surface area contributed by atoms with E-state index in [1.807, 2.05) is 0 Å². The van der Waals surface area contributed by atoms with Gasteiger partial charge in [0.2, 0.25) is 0 Å². The quantitative estimate of drug-likeness (QED) is 0.799. The van der Waals surface area contributed by atoms with Crippen molar-refractivity contribution in [3.05, 3.63) is 24.0 Å². The number of phenolic OH excluding ortho intramolecular Hbond substituents is 1. The van der Waals surface area contributed by atoms with E-state index >= 15 is 0 Å². The highest BCUT2D eigenvalue weighted by Gasteiger charge is 2.29. The zero-order valence-electron chi connectivity index (χ0n) is 8.56. The summed E-state index contributed by atoms with van der Waals surface area (Å²) in [7, 11) is 0. The molecule has 1 aliphatic heterocycles. The van der Waals surface area contributed by atoms with E-state index in [2.05, 4.69) is 0 Å². The van der Waals surface area contributed by atoms with Crippen molar-refractivity contribution in [1.29, 1.82) is 0 Å². The molecule has 0 saturated carbocycles. The fourth-order valence-corrected chi connectivity index (χ4v) is 1.93. The Kier molecular flexibility index (Phi) is 2.68. The topological polar surface area (TPSA) is 60.8 Å². The maximum atomic E-state index is 13.5. The third-order valence-electron chi connectivity index (χ3n) is 2.84. The van der Waals surface area contributed by atoms with Gasteiger partial charge in [-0.25, -0.2) is 4.39 Å². The van der Waals surface area contributed by atoms with E-state index in [4.69, 9.17) is 5.11 Å². The maximum absolute atomic E-state index is 13.5. The van der Waals surface area contributed by atoms with Crippen LogP contribution in [0, 0.1) is 11.7 Å². The van der Waals surface area contributed by atoms with Crippen molar-refractivity contribution in [2.75, 3.05) is 18.0 Å². The van der Waals surface area contributed by atoms with Crippen LogP contribution in [0.15, 0.2) is 18.2 Å². The molecule has 1 heterocycles. The number of carbonyl (C=O) groups is 1. The molecule has 0 spiro atoms. The zero-order valence-corrected chi connectivity index (χ0v) is 8.56. The number of carboxylic acids is 1. The van der Waals surface area contributed by atoms with Crippen LogP contribution in [0.2, 0.25) is 0 Å². The zero-order chi connectivity index (χ0) is 11.7. The summed E-state index contributed by atoms with van der Waals surface area (Å²) >= 11 is 0. The number of rotatable bonds is 2. The van der Waals surface area contributed by atoms with Gasteiger partial charge in [-0.15, -0.1) is 0 Å². The van der Waals surface area contributed by atoms with Gasteiger partial charge in [0.15, 0.2) is 11.6 Å². The normalized spacial score (nSPS) is 20.1. The summed E-state index contributed by atoms with van der Waals surface area (Å²) in [5, 5.41) is 18.0. The Morgan fingerprint density at radius 3 is 2.88 bits per heavy atom. The minimum Gasteiger partial charge on any atom is -0.505 e. The number of hydrogen-bond donors (Lipinski definition) is 2. The number of halogens is 1. The number of hydrogen-bond acceptors (Lipinski definition) is 3. The Morgan fingerprint density at radius 2 is 2.25 bits per heavy atom. The molecule has 1 aromatic rings. The maximum Gasteiger partial charge on any atom is 0.308 e. The van der Waals surface area contributed by atoms with Gasteiger partial charge in [0.1, 0.15) is 0 Å². The number of benzene rings is 1. The molecule has 1 atom stereocenters. The lowest BCUT2D eigenvalue weighted by molar-refractivity contribution is -0.140. The third kappa shape index (κ3) is 1.80. The molecule has 16 heavy (non-hydrogen) atoms. The van der Waals surface area contributed by atoms with Gasteiger partial charge in [0.05, 0.1) is 11.6 Å². The largest absolute Gasteiger partial charge is 0.505 e. The summed E-state index contributed by atoms with van der Waals surface area (Å²) in [5.74, 6) is -2.41. The number of aliphatic carboxylic acids is 1. The third-order valence-corrected chi connectivity index (χ3v) is 2.84. The Labute approximate surface area is 91.9 Å². The van der Waals surface area contributed by atoms with Gasteiger partial charge in [-0.3, -0.25) is 4.79 Å². The highest BCUT2D eigenvalue weighted by atomic mass is 19.1. The minimum absolute atomic E-state index is 0.267. The Hall–Kier alpha value is -1.78. The van der Waals surface area contributed by atoms with Crippen LogP contribution in [0.5, 0.6) is 5.75 Å². The first-order chi connectivity index (χ1) is 7.59.